The summed E-state index contributed by atoms with van der Waals surface area (Å²) >= 11 is 2.31. The average molecular weight is 259 g/mol. The molecule has 0 aromatic carbocycles. The standard InChI is InChI=1S/C7H17NO5S2/c1-7(9)6-8-11-13-15-5-3-4-10-12-14-2/h7-9H,3-6H2,1-2H3. The molecule has 15 heavy (non-hydrogen) atoms. The van der Waals surface area contributed by atoms with Gasteiger partial charge in [-0.1, -0.05) is 0 Å². The Labute approximate surface area is 98.2 Å². The van der Waals surface area contributed by atoms with Crippen molar-refractivity contribution in [3.05, 3.63) is 0 Å². The number of hydrogen-bond donors (Lipinski definition) is 2. The van der Waals surface area contributed by atoms with Gasteiger partial charge < -0.3 is 5.11 Å². The van der Waals surface area contributed by atoms with Gasteiger partial charge in [0.15, 0.2) is 0 Å². The van der Waals surface area contributed by atoms with E-state index in [1.54, 1.807) is 13.2 Å². The summed E-state index contributed by atoms with van der Waals surface area (Å²) < 4.78 is 9.28. The van der Waals surface area contributed by atoms with Crippen LogP contribution < -0.4 is 5.48 Å². The molecule has 0 fully saturated rings. The summed E-state index contributed by atoms with van der Waals surface area (Å²) in [6.45, 7) is 2.48. The number of rotatable bonds is 11. The third-order valence-corrected chi connectivity index (χ3v) is 1.94. The fourth-order valence-corrected chi connectivity index (χ4v) is 1.06. The van der Waals surface area contributed by atoms with Gasteiger partial charge in [0.2, 0.25) is 0 Å². The third kappa shape index (κ3) is 14.5. The Morgan fingerprint density at radius 1 is 1.40 bits per heavy atom. The molecule has 0 amide bonds. The first-order chi connectivity index (χ1) is 7.27. The van der Waals surface area contributed by atoms with Crippen LogP contribution in [-0.4, -0.2) is 36.4 Å². The minimum absolute atomic E-state index is 0.325. The molecule has 2 N–H and O–H groups in total. The zero-order valence-electron chi connectivity index (χ0n) is 8.80. The maximum absolute atomic E-state index is 8.84. The molecule has 92 valence electrons. The van der Waals surface area contributed by atoms with Crippen LogP contribution in [0.1, 0.15) is 13.3 Å². The van der Waals surface area contributed by atoms with Gasteiger partial charge in [-0.05, 0) is 13.3 Å². The lowest BCUT2D eigenvalue weighted by atomic mass is 10.4. The van der Waals surface area contributed by atoms with E-state index in [2.05, 4.69) is 19.1 Å². The van der Waals surface area contributed by atoms with E-state index in [9.17, 15) is 0 Å². The van der Waals surface area contributed by atoms with Crippen molar-refractivity contribution in [1.29, 1.82) is 0 Å². The van der Waals surface area contributed by atoms with Crippen LogP contribution in [0.5, 0.6) is 0 Å². The number of hydroxylamine groups is 1. The highest BCUT2D eigenvalue weighted by Crippen LogP contribution is 2.05. The maximum atomic E-state index is 8.84. The van der Waals surface area contributed by atoms with Crippen molar-refractivity contribution in [2.24, 2.45) is 0 Å². The van der Waals surface area contributed by atoms with Crippen molar-refractivity contribution in [2.45, 2.75) is 19.4 Å². The molecule has 0 rings (SSSR count). The molecule has 6 nitrogen and oxygen atoms in total. The van der Waals surface area contributed by atoms with Crippen molar-refractivity contribution in [3.8, 4) is 0 Å². The summed E-state index contributed by atoms with van der Waals surface area (Å²) in [6, 6.07) is 0. The lowest BCUT2D eigenvalue weighted by Gasteiger charge is -2.05. The van der Waals surface area contributed by atoms with Gasteiger partial charge in [-0.3, -0.25) is 0 Å². The van der Waals surface area contributed by atoms with Crippen molar-refractivity contribution < 1.29 is 23.6 Å². The lowest BCUT2D eigenvalue weighted by molar-refractivity contribution is -0.247. The maximum Gasteiger partial charge on any atom is 0.0843 e. The fourth-order valence-electron chi connectivity index (χ4n) is 0.496. The van der Waals surface area contributed by atoms with E-state index in [-0.39, 0.29) is 0 Å². The van der Waals surface area contributed by atoms with E-state index >= 15 is 0 Å². The first-order valence-corrected chi connectivity index (χ1v) is 6.51. The molecule has 1 unspecified atom stereocenters. The van der Waals surface area contributed by atoms with Crippen LogP contribution in [0.4, 0.5) is 0 Å². The van der Waals surface area contributed by atoms with Gasteiger partial charge in [0.05, 0.1) is 12.7 Å². The minimum atomic E-state index is -0.462. The zero-order chi connectivity index (χ0) is 11.4. The van der Waals surface area contributed by atoms with E-state index in [1.165, 1.54) is 0 Å². The summed E-state index contributed by atoms with van der Waals surface area (Å²) in [5.41, 5.74) is 2.44. The van der Waals surface area contributed by atoms with Crippen molar-refractivity contribution in [2.75, 3.05) is 25.2 Å². The Bertz CT molecular complexity index is 130. The van der Waals surface area contributed by atoms with Gasteiger partial charge >= 0.3 is 0 Å². The molecule has 0 aromatic rings. The highest BCUT2D eigenvalue weighted by Gasteiger charge is 1.95. The predicted octanol–water partition coefficient (Wildman–Crippen LogP) is 1.08. The molecule has 0 aliphatic heterocycles. The van der Waals surface area contributed by atoms with E-state index < -0.39 is 6.10 Å². The first-order valence-electron chi connectivity index (χ1n) is 4.45. The second kappa shape index (κ2) is 12.5. The van der Waals surface area contributed by atoms with Gasteiger partial charge in [0.25, 0.3) is 0 Å². The van der Waals surface area contributed by atoms with Gasteiger partial charge in [0, 0.05) is 42.6 Å². The molecular weight excluding hydrogens is 242 g/mol. The smallest absolute Gasteiger partial charge is 0.0843 e. The first kappa shape index (κ1) is 15.5. The van der Waals surface area contributed by atoms with Crippen LogP contribution in [0.15, 0.2) is 0 Å². The normalized spacial score (nSPS) is 13.0. The Morgan fingerprint density at radius 3 is 2.87 bits per heavy atom. The molecule has 0 heterocycles. The van der Waals surface area contributed by atoms with Gasteiger partial charge in [-0.15, -0.1) is 9.32 Å². The Kier molecular flexibility index (Phi) is 12.9. The molecule has 0 aromatic heterocycles. The largest absolute Gasteiger partial charge is 0.392 e. The predicted molar refractivity (Wildman–Crippen MR) is 59.5 cm³/mol. The minimum Gasteiger partial charge on any atom is -0.392 e. The Hall–Kier alpha value is 0.460. The molecule has 0 spiro atoms. The fraction of sp³-hybridized carbons (Fsp3) is 1.00. The van der Waals surface area contributed by atoms with Crippen LogP contribution in [0.3, 0.4) is 0 Å². The highest BCUT2D eigenvalue weighted by molar-refractivity contribution is 7.94. The molecule has 0 saturated heterocycles. The number of nitrogens with one attached hydrogen (secondary N) is 1. The molecule has 0 aliphatic carbocycles. The summed E-state index contributed by atoms with van der Waals surface area (Å²) in [7, 11) is 0. The Balaban J connectivity index is 2.87. The summed E-state index contributed by atoms with van der Waals surface area (Å²) in [5, 5.41) is 8.84. The molecule has 8 heteroatoms. The summed E-state index contributed by atoms with van der Waals surface area (Å²) in [6.07, 6.45) is 2.11. The van der Waals surface area contributed by atoms with Crippen LogP contribution in [0.25, 0.3) is 0 Å². The second-order valence-electron chi connectivity index (χ2n) is 2.58. The van der Waals surface area contributed by atoms with Crippen LogP contribution in [0, 0.1) is 0 Å². The summed E-state index contributed by atoms with van der Waals surface area (Å²) in [5.74, 6) is 0.730. The van der Waals surface area contributed by atoms with Crippen LogP contribution in [-0.2, 0) is 18.5 Å². The monoisotopic (exact) mass is 259 g/mol. The molecule has 0 saturated carbocycles. The Morgan fingerprint density at radius 2 is 2.20 bits per heavy atom. The van der Waals surface area contributed by atoms with E-state index in [0.717, 1.165) is 36.3 Å². The van der Waals surface area contributed by atoms with Gasteiger partial charge in [-0.25, -0.2) is 4.89 Å². The average Bonchev–Trinajstić information content (AvgIpc) is 2.20. The lowest BCUT2D eigenvalue weighted by Crippen LogP contribution is -2.23. The molecule has 1 atom stereocenters. The highest BCUT2D eigenvalue weighted by atomic mass is 32.2. The van der Waals surface area contributed by atoms with Crippen molar-refractivity contribution >= 4 is 24.1 Å². The van der Waals surface area contributed by atoms with E-state index in [4.69, 9.17) is 9.99 Å². The van der Waals surface area contributed by atoms with Crippen molar-refractivity contribution in [1.82, 2.24) is 5.48 Å². The van der Waals surface area contributed by atoms with Crippen LogP contribution in [0.2, 0.25) is 0 Å². The van der Waals surface area contributed by atoms with Gasteiger partial charge in [0.1, 0.15) is 0 Å². The quantitative estimate of drug-likeness (QED) is 0.247. The van der Waals surface area contributed by atoms with E-state index in [0.29, 0.717) is 13.2 Å². The molecule has 0 aliphatic rings. The van der Waals surface area contributed by atoms with E-state index in [1.807, 2.05) is 0 Å². The molecule has 0 radical (unpaired) electrons. The topological polar surface area (TPSA) is 69.2 Å². The zero-order valence-corrected chi connectivity index (χ0v) is 10.4. The molecule has 0 bridgehead atoms. The molecular formula is C7H17NO5S2. The second-order valence-corrected chi connectivity index (χ2v) is 3.83. The number of hydrogen-bond acceptors (Lipinski definition) is 8. The van der Waals surface area contributed by atoms with Gasteiger partial charge in [-0.2, -0.15) is 9.81 Å². The van der Waals surface area contributed by atoms with Crippen molar-refractivity contribution in [3.63, 3.8) is 0 Å². The van der Waals surface area contributed by atoms with Crippen LogP contribution >= 0.6 is 24.1 Å². The number of aliphatic hydroxyl groups excluding tert-OH is 1. The SMILES string of the molecule is CSOOCCCSOONCC(C)O. The number of aliphatic hydroxyl groups is 1. The third-order valence-electron chi connectivity index (χ3n) is 1.09. The summed E-state index contributed by atoms with van der Waals surface area (Å²) in [4.78, 5) is 9.30.